The van der Waals surface area contributed by atoms with E-state index in [0.29, 0.717) is 0 Å². The van der Waals surface area contributed by atoms with Crippen LogP contribution in [0.15, 0.2) is 12.1 Å². The molecule has 0 unspecified atom stereocenters. The number of anilines is 1. The summed E-state index contributed by atoms with van der Waals surface area (Å²) in [5, 5.41) is 10.6. The van der Waals surface area contributed by atoms with E-state index in [1.807, 2.05) is 0 Å². The second-order valence-electron chi connectivity index (χ2n) is 3.01. The quantitative estimate of drug-likeness (QED) is 0.468. The molecule has 1 aromatic rings. The van der Waals surface area contributed by atoms with Crippen molar-refractivity contribution >= 4 is 23.1 Å². The Morgan fingerprint density at radius 2 is 2.25 bits per heavy atom. The van der Waals surface area contributed by atoms with E-state index in [1.54, 1.807) is 0 Å². The fourth-order valence-corrected chi connectivity index (χ4v) is 1.28. The maximum absolute atomic E-state index is 12.1. The van der Waals surface area contributed by atoms with E-state index in [0.717, 1.165) is 11.0 Å². The number of pyridine rings is 1. The lowest BCUT2D eigenvalue weighted by Gasteiger charge is -2.17. The Labute approximate surface area is 94.8 Å². The normalized spacial score (nSPS) is 10.6. The van der Waals surface area contributed by atoms with Gasteiger partial charge < -0.3 is 4.90 Å². The highest BCUT2D eigenvalue weighted by atomic mass is 35.5. The first-order valence-electron chi connectivity index (χ1n) is 4.22. The molecule has 1 heterocycles. The predicted molar refractivity (Wildman–Crippen MR) is 55.2 cm³/mol. The van der Waals surface area contributed by atoms with Gasteiger partial charge in [-0.3, -0.25) is 10.1 Å². The first kappa shape index (κ1) is 12.6. The monoisotopic (exact) mass is 251 g/mol. The van der Waals surface area contributed by atoms with Crippen molar-refractivity contribution in [3.63, 3.8) is 0 Å². The summed E-state index contributed by atoms with van der Waals surface area (Å²) in [6, 6.07) is 2.37. The molecule has 0 aromatic carbocycles. The molecule has 1 rings (SSSR count). The Morgan fingerprint density at radius 3 is 2.75 bits per heavy atom. The average Bonchev–Trinajstić information content (AvgIpc) is 2.15. The van der Waals surface area contributed by atoms with Crippen molar-refractivity contribution in [3.8, 4) is 0 Å². The molecule has 0 aliphatic heterocycles. The largest absolute Gasteiger partial charge is 0.348 e. The van der Waals surface area contributed by atoms with Gasteiger partial charge in [-0.15, -0.1) is 0 Å². The number of hydrogen-bond donors (Lipinski definition) is 0. The first-order valence-corrected chi connectivity index (χ1v) is 4.60. The second kappa shape index (κ2) is 5.02. The SMILES string of the molecule is CN(CC(F)F)c1nc(Cl)ccc1[N+](=O)[O-]. The topological polar surface area (TPSA) is 59.3 Å². The lowest BCUT2D eigenvalue weighted by molar-refractivity contribution is -0.384. The highest BCUT2D eigenvalue weighted by molar-refractivity contribution is 6.29. The minimum Gasteiger partial charge on any atom is -0.348 e. The summed E-state index contributed by atoms with van der Waals surface area (Å²) in [6.07, 6.45) is -2.61. The summed E-state index contributed by atoms with van der Waals surface area (Å²) >= 11 is 5.55. The number of halogens is 3. The number of rotatable bonds is 4. The van der Waals surface area contributed by atoms with Crippen LogP contribution in [0.3, 0.4) is 0 Å². The molecule has 88 valence electrons. The number of aromatic nitrogens is 1. The molecular weight excluding hydrogens is 244 g/mol. The van der Waals surface area contributed by atoms with Crippen LogP contribution < -0.4 is 4.90 Å². The van der Waals surface area contributed by atoms with E-state index < -0.39 is 17.9 Å². The van der Waals surface area contributed by atoms with E-state index in [1.165, 1.54) is 13.1 Å². The summed E-state index contributed by atoms with van der Waals surface area (Å²) in [4.78, 5) is 14.6. The van der Waals surface area contributed by atoms with Gasteiger partial charge in [0.15, 0.2) is 0 Å². The molecule has 0 saturated carbocycles. The van der Waals surface area contributed by atoms with Crippen molar-refractivity contribution in [3.05, 3.63) is 27.4 Å². The molecule has 0 saturated heterocycles. The van der Waals surface area contributed by atoms with E-state index in [9.17, 15) is 18.9 Å². The third kappa shape index (κ3) is 2.99. The van der Waals surface area contributed by atoms with Gasteiger partial charge in [-0.25, -0.2) is 13.8 Å². The smallest absolute Gasteiger partial charge is 0.311 e. The van der Waals surface area contributed by atoms with Gasteiger partial charge in [0.2, 0.25) is 5.82 Å². The summed E-state index contributed by atoms with van der Waals surface area (Å²) in [7, 11) is 1.29. The maximum Gasteiger partial charge on any atom is 0.311 e. The van der Waals surface area contributed by atoms with Crippen LogP contribution in [0.1, 0.15) is 0 Å². The molecule has 0 aliphatic rings. The first-order chi connectivity index (χ1) is 7.41. The molecule has 0 radical (unpaired) electrons. The van der Waals surface area contributed by atoms with Gasteiger partial charge in [-0.2, -0.15) is 0 Å². The van der Waals surface area contributed by atoms with Crippen LogP contribution in [0.4, 0.5) is 20.3 Å². The Morgan fingerprint density at radius 1 is 1.62 bits per heavy atom. The van der Waals surface area contributed by atoms with E-state index in [4.69, 9.17) is 11.6 Å². The molecule has 0 fully saturated rings. The standard InChI is InChI=1S/C8H8ClF2N3O2/c1-13(4-7(10)11)8-5(14(15)16)2-3-6(9)12-8/h2-3,7H,4H2,1H3. The number of nitro groups is 1. The lowest BCUT2D eigenvalue weighted by atomic mass is 10.3. The Bertz CT molecular complexity index is 403. The fraction of sp³-hybridized carbons (Fsp3) is 0.375. The number of nitrogens with zero attached hydrogens (tertiary/aromatic N) is 3. The minimum atomic E-state index is -2.61. The van der Waals surface area contributed by atoms with Gasteiger partial charge in [0.1, 0.15) is 5.15 Å². The van der Waals surface area contributed by atoms with Crippen molar-refractivity contribution in [2.75, 3.05) is 18.5 Å². The molecule has 8 heteroatoms. The van der Waals surface area contributed by atoms with Gasteiger partial charge in [-0.1, -0.05) is 11.6 Å². The molecule has 0 bridgehead atoms. The van der Waals surface area contributed by atoms with Crippen molar-refractivity contribution < 1.29 is 13.7 Å². The summed E-state index contributed by atoms with van der Waals surface area (Å²) in [6.45, 7) is -0.645. The van der Waals surface area contributed by atoms with Gasteiger partial charge in [-0.05, 0) is 6.07 Å². The molecule has 0 N–H and O–H groups in total. The van der Waals surface area contributed by atoms with Crippen LogP contribution in [0.25, 0.3) is 0 Å². The predicted octanol–water partition coefficient (Wildman–Crippen LogP) is 2.34. The van der Waals surface area contributed by atoms with Crippen molar-refractivity contribution in [2.24, 2.45) is 0 Å². The Kier molecular flexibility index (Phi) is 3.94. The van der Waals surface area contributed by atoms with Crippen LogP contribution >= 0.6 is 11.6 Å². The van der Waals surface area contributed by atoms with Gasteiger partial charge in [0, 0.05) is 13.1 Å². The number of hydrogen-bond acceptors (Lipinski definition) is 4. The molecule has 0 atom stereocenters. The zero-order valence-corrected chi connectivity index (χ0v) is 8.99. The molecule has 16 heavy (non-hydrogen) atoms. The van der Waals surface area contributed by atoms with Crippen molar-refractivity contribution in [1.82, 2.24) is 4.98 Å². The lowest BCUT2D eigenvalue weighted by Crippen LogP contribution is -2.25. The summed E-state index contributed by atoms with van der Waals surface area (Å²) < 4.78 is 24.3. The van der Waals surface area contributed by atoms with Gasteiger partial charge in [0.25, 0.3) is 6.43 Å². The number of alkyl halides is 2. The van der Waals surface area contributed by atoms with E-state index in [-0.39, 0.29) is 16.7 Å². The highest BCUT2D eigenvalue weighted by Gasteiger charge is 2.21. The Hall–Kier alpha value is -1.50. The maximum atomic E-state index is 12.1. The van der Waals surface area contributed by atoms with Crippen LogP contribution in [0.2, 0.25) is 5.15 Å². The zero-order valence-electron chi connectivity index (χ0n) is 8.23. The third-order valence-corrected chi connectivity index (χ3v) is 2.00. The van der Waals surface area contributed by atoms with E-state index >= 15 is 0 Å². The van der Waals surface area contributed by atoms with Crippen LogP contribution in [-0.4, -0.2) is 29.9 Å². The summed E-state index contributed by atoms with van der Waals surface area (Å²) in [5.41, 5.74) is -0.354. The minimum absolute atomic E-state index is 0.0155. The molecule has 1 aromatic heterocycles. The zero-order chi connectivity index (χ0) is 12.3. The van der Waals surface area contributed by atoms with Crippen LogP contribution in [-0.2, 0) is 0 Å². The van der Waals surface area contributed by atoms with Gasteiger partial charge in [0.05, 0.1) is 11.5 Å². The Balaban J connectivity index is 3.09. The van der Waals surface area contributed by atoms with Gasteiger partial charge >= 0.3 is 5.69 Å². The molecule has 5 nitrogen and oxygen atoms in total. The second-order valence-corrected chi connectivity index (χ2v) is 3.39. The van der Waals surface area contributed by atoms with E-state index in [2.05, 4.69) is 4.98 Å². The van der Waals surface area contributed by atoms with Crippen LogP contribution in [0, 0.1) is 10.1 Å². The molecule has 0 aliphatic carbocycles. The third-order valence-electron chi connectivity index (χ3n) is 1.79. The van der Waals surface area contributed by atoms with Crippen molar-refractivity contribution in [1.29, 1.82) is 0 Å². The summed E-state index contributed by atoms with van der Waals surface area (Å²) in [5.74, 6) is -0.169. The van der Waals surface area contributed by atoms with Crippen molar-refractivity contribution in [2.45, 2.75) is 6.43 Å². The molecule has 0 spiro atoms. The highest BCUT2D eigenvalue weighted by Crippen LogP contribution is 2.26. The van der Waals surface area contributed by atoms with Crippen LogP contribution in [0.5, 0.6) is 0 Å². The molecular formula is C8H8ClF2N3O2. The molecule has 0 amide bonds. The fourth-order valence-electron chi connectivity index (χ4n) is 1.13. The average molecular weight is 252 g/mol.